The first-order chi connectivity index (χ1) is 5.76. The predicted molar refractivity (Wildman–Crippen MR) is 52.3 cm³/mol. The fraction of sp³-hybridized carbons (Fsp3) is 1.00. The third-order valence-corrected chi connectivity index (χ3v) is 5.00. The van der Waals surface area contributed by atoms with Gasteiger partial charge in [0.1, 0.15) is 0 Å². The van der Waals surface area contributed by atoms with E-state index in [2.05, 4.69) is 0 Å². The summed E-state index contributed by atoms with van der Waals surface area (Å²) in [4.78, 5) is 0. The molecule has 0 saturated carbocycles. The van der Waals surface area contributed by atoms with Crippen LogP contribution in [0.2, 0.25) is 0 Å². The number of sulfonamides is 1. The highest BCUT2D eigenvalue weighted by Crippen LogP contribution is 2.33. The second kappa shape index (κ2) is 3.22. The van der Waals surface area contributed by atoms with Crippen molar-refractivity contribution in [1.82, 2.24) is 4.41 Å². The number of nitrogens with two attached hydrogens (primary N) is 1. The third kappa shape index (κ3) is 2.03. The molecule has 0 radical (unpaired) electrons. The normalized spacial score (nSPS) is 30.3. The lowest BCUT2D eigenvalue weighted by molar-refractivity contribution is 0.294. The van der Waals surface area contributed by atoms with Crippen LogP contribution in [-0.4, -0.2) is 24.6 Å². The summed E-state index contributed by atoms with van der Waals surface area (Å²) in [6, 6.07) is 0. The largest absolute Gasteiger partial charge is 0.255 e. The van der Waals surface area contributed by atoms with Crippen LogP contribution in [-0.2, 0) is 10.0 Å². The van der Waals surface area contributed by atoms with Crippen molar-refractivity contribution in [1.29, 1.82) is 0 Å². The molecule has 1 fully saturated rings. The molecule has 1 rings (SSSR count). The summed E-state index contributed by atoms with van der Waals surface area (Å²) in [5.41, 5.74) is -0.225. The van der Waals surface area contributed by atoms with E-state index in [-0.39, 0.29) is 10.7 Å². The fourth-order valence-corrected chi connectivity index (χ4v) is 3.82. The van der Waals surface area contributed by atoms with Gasteiger partial charge in [0, 0.05) is 6.54 Å². The topological polar surface area (TPSA) is 63.4 Å². The summed E-state index contributed by atoms with van der Waals surface area (Å²) in [6.07, 6.45) is 1.58. The molecule has 0 aromatic heterocycles. The predicted octanol–water partition coefficient (Wildman–Crippen LogP) is 0.700. The zero-order valence-corrected chi connectivity index (χ0v) is 9.26. The Morgan fingerprint density at radius 1 is 1.38 bits per heavy atom. The lowest BCUT2D eigenvalue weighted by atomic mass is 9.89. The van der Waals surface area contributed by atoms with Crippen molar-refractivity contribution in [2.24, 2.45) is 11.3 Å². The third-order valence-electron chi connectivity index (χ3n) is 2.50. The highest BCUT2D eigenvalue weighted by atomic mass is 32.2. The van der Waals surface area contributed by atoms with Crippen molar-refractivity contribution in [2.75, 3.05) is 6.54 Å². The van der Waals surface area contributed by atoms with E-state index < -0.39 is 10.0 Å². The number of hydrogen-bond donors (Lipinski definition) is 1. The highest BCUT2D eigenvalue weighted by molar-refractivity contribution is 7.89. The minimum Gasteiger partial charge on any atom is -0.255 e. The first-order valence-corrected chi connectivity index (χ1v) is 6.03. The summed E-state index contributed by atoms with van der Waals surface area (Å²) < 4.78 is 24.5. The van der Waals surface area contributed by atoms with E-state index in [9.17, 15) is 8.42 Å². The molecule has 78 valence electrons. The lowest BCUT2D eigenvalue weighted by Crippen LogP contribution is -2.51. The molecule has 1 saturated heterocycles. The van der Waals surface area contributed by atoms with Crippen LogP contribution in [0.5, 0.6) is 0 Å². The molecule has 1 aliphatic heterocycles. The Bertz CT molecular complexity index is 279. The van der Waals surface area contributed by atoms with Crippen LogP contribution in [0.25, 0.3) is 0 Å². The van der Waals surface area contributed by atoms with Gasteiger partial charge in [0.25, 0.3) is 0 Å². The second-order valence-corrected chi connectivity index (χ2v) is 6.72. The fourth-order valence-electron chi connectivity index (χ4n) is 1.75. The van der Waals surface area contributed by atoms with Crippen molar-refractivity contribution in [2.45, 2.75) is 38.9 Å². The van der Waals surface area contributed by atoms with Crippen LogP contribution in [0.1, 0.15) is 33.6 Å². The molecule has 0 bridgehead atoms. The molecule has 0 spiro atoms. The van der Waals surface area contributed by atoms with E-state index in [0.29, 0.717) is 6.54 Å². The first kappa shape index (κ1) is 10.9. The van der Waals surface area contributed by atoms with Crippen molar-refractivity contribution >= 4 is 10.0 Å². The average Bonchev–Trinajstić information content (AvgIpc) is 1.92. The van der Waals surface area contributed by atoms with E-state index in [1.165, 1.54) is 0 Å². The maximum absolute atomic E-state index is 11.8. The van der Waals surface area contributed by atoms with Crippen LogP contribution in [0.15, 0.2) is 0 Å². The molecule has 0 aromatic rings. The molecule has 5 heteroatoms. The Morgan fingerprint density at radius 3 is 2.31 bits per heavy atom. The molecular weight excluding hydrogens is 188 g/mol. The van der Waals surface area contributed by atoms with Gasteiger partial charge in [0.05, 0.1) is 5.25 Å². The van der Waals surface area contributed by atoms with Gasteiger partial charge in [-0.15, -0.1) is 4.41 Å². The van der Waals surface area contributed by atoms with Crippen LogP contribution in [0, 0.1) is 5.41 Å². The van der Waals surface area contributed by atoms with Gasteiger partial charge in [-0.25, -0.2) is 8.42 Å². The minimum atomic E-state index is -3.25. The van der Waals surface area contributed by atoms with Crippen molar-refractivity contribution < 1.29 is 8.42 Å². The van der Waals surface area contributed by atoms with Gasteiger partial charge < -0.3 is 0 Å². The molecule has 0 amide bonds. The molecular formula is C8H18N2O2S. The van der Waals surface area contributed by atoms with Crippen LogP contribution >= 0.6 is 0 Å². The van der Waals surface area contributed by atoms with Crippen LogP contribution in [0.4, 0.5) is 0 Å². The van der Waals surface area contributed by atoms with Crippen molar-refractivity contribution in [3.63, 3.8) is 0 Å². The van der Waals surface area contributed by atoms with E-state index in [1.807, 2.05) is 20.8 Å². The van der Waals surface area contributed by atoms with E-state index in [1.54, 1.807) is 0 Å². The maximum atomic E-state index is 11.8. The summed E-state index contributed by atoms with van der Waals surface area (Å²) in [5.74, 6) is 5.44. The number of rotatable bonds is 0. The molecule has 0 aliphatic carbocycles. The standard InChI is InChI=1S/C8H18N2O2S/c1-8(2,3)7-5-4-6-10(9)13(7,11)12/h7H,4-6,9H2,1-3H3. The Balaban J connectivity index is 2.99. The van der Waals surface area contributed by atoms with E-state index >= 15 is 0 Å². The Hall–Kier alpha value is -0.130. The smallest absolute Gasteiger partial charge is 0.230 e. The number of hydrogen-bond acceptors (Lipinski definition) is 3. The number of nitrogens with zero attached hydrogens (tertiary/aromatic N) is 1. The Morgan fingerprint density at radius 2 is 1.92 bits per heavy atom. The summed E-state index contributed by atoms with van der Waals surface area (Å²) >= 11 is 0. The molecule has 2 N–H and O–H groups in total. The molecule has 0 aromatic carbocycles. The highest BCUT2D eigenvalue weighted by Gasteiger charge is 2.41. The van der Waals surface area contributed by atoms with Crippen LogP contribution < -0.4 is 5.84 Å². The molecule has 13 heavy (non-hydrogen) atoms. The molecule has 4 nitrogen and oxygen atoms in total. The zero-order chi connectivity index (χ0) is 10.3. The van der Waals surface area contributed by atoms with Gasteiger partial charge in [-0.3, -0.25) is 5.84 Å². The quantitative estimate of drug-likeness (QED) is 0.593. The summed E-state index contributed by atoms with van der Waals surface area (Å²) in [5, 5.41) is -0.334. The molecule has 1 aliphatic rings. The monoisotopic (exact) mass is 206 g/mol. The Labute approximate surface area is 80.1 Å². The maximum Gasteiger partial charge on any atom is 0.230 e. The van der Waals surface area contributed by atoms with Gasteiger partial charge >= 0.3 is 0 Å². The SMILES string of the molecule is CC(C)(C)C1CCCN(N)S1(=O)=O. The summed E-state index contributed by atoms with van der Waals surface area (Å²) in [7, 11) is -3.25. The average molecular weight is 206 g/mol. The summed E-state index contributed by atoms with van der Waals surface area (Å²) in [6.45, 7) is 6.27. The molecule has 1 atom stereocenters. The van der Waals surface area contributed by atoms with Gasteiger partial charge in [-0.1, -0.05) is 20.8 Å². The van der Waals surface area contributed by atoms with E-state index in [4.69, 9.17) is 5.84 Å². The zero-order valence-electron chi connectivity index (χ0n) is 8.45. The molecule has 1 unspecified atom stereocenters. The molecule has 1 heterocycles. The van der Waals surface area contributed by atoms with Gasteiger partial charge in [-0.2, -0.15) is 0 Å². The lowest BCUT2D eigenvalue weighted by Gasteiger charge is -2.36. The van der Waals surface area contributed by atoms with Gasteiger partial charge in [-0.05, 0) is 18.3 Å². The number of hydrazine groups is 1. The van der Waals surface area contributed by atoms with Crippen molar-refractivity contribution in [3.05, 3.63) is 0 Å². The first-order valence-electron chi connectivity index (χ1n) is 4.52. The second-order valence-electron chi connectivity index (χ2n) is 4.65. The Kier molecular flexibility index (Phi) is 2.71. The van der Waals surface area contributed by atoms with Gasteiger partial charge in [0.2, 0.25) is 10.0 Å². The van der Waals surface area contributed by atoms with Crippen LogP contribution in [0.3, 0.4) is 0 Å². The minimum absolute atomic E-state index is 0.225. The van der Waals surface area contributed by atoms with E-state index in [0.717, 1.165) is 17.3 Å². The van der Waals surface area contributed by atoms with Crippen molar-refractivity contribution in [3.8, 4) is 0 Å². The van der Waals surface area contributed by atoms with Gasteiger partial charge in [0.15, 0.2) is 0 Å².